The molecule has 1 fully saturated rings. The summed E-state index contributed by atoms with van der Waals surface area (Å²) in [6.07, 6.45) is 0.411. The molecule has 18 heavy (non-hydrogen) atoms. The quantitative estimate of drug-likeness (QED) is 0.825. The molecule has 0 saturated carbocycles. The molecule has 6 heteroatoms. The van der Waals surface area contributed by atoms with Crippen LogP contribution in [0, 0.1) is 0 Å². The molecule has 5 nitrogen and oxygen atoms in total. The van der Waals surface area contributed by atoms with E-state index in [0.717, 1.165) is 11.4 Å². The highest BCUT2D eigenvalue weighted by molar-refractivity contribution is 5.96. The van der Waals surface area contributed by atoms with E-state index in [2.05, 4.69) is 0 Å². The van der Waals surface area contributed by atoms with Crippen molar-refractivity contribution in [1.29, 1.82) is 0 Å². The van der Waals surface area contributed by atoms with Crippen LogP contribution in [0.15, 0.2) is 18.2 Å². The number of fused-ring (bicyclic) bond motifs is 1. The summed E-state index contributed by atoms with van der Waals surface area (Å²) in [5.41, 5.74) is 6.60. The summed E-state index contributed by atoms with van der Waals surface area (Å²) in [6, 6.07) is 5.46. The Labute approximate surface area is 111 Å². The average Bonchev–Trinajstić information content (AvgIpc) is 2.68. The molecule has 2 aliphatic heterocycles. The highest BCUT2D eigenvalue weighted by Gasteiger charge is 2.28. The second kappa shape index (κ2) is 5.04. The van der Waals surface area contributed by atoms with Crippen LogP contribution in [0.25, 0.3) is 0 Å². The van der Waals surface area contributed by atoms with Crippen molar-refractivity contribution in [2.45, 2.75) is 12.5 Å². The van der Waals surface area contributed by atoms with Crippen LogP contribution in [0.4, 0.5) is 5.69 Å². The molecule has 1 saturated heterocycles. The lowest BCUT2D eigenvalue weighted by atomic mass is 10.2. The Hall–Kier alpha value is -1.46. The molecule has 1 atom stereocenters. The summed E-state index contributed by atoms with van der Waals surface area (Å²) in [4.78, 5) is 13.4. The lowest BCUT2D eigenvalue weighted by molar-refractivity contribution is -0.117. The van der Waals surface area contributed by atoms with Gasteiger partial charge in [-0.05, 0) is 12.1 Å². The molecule has 1 aromatic carbocycles. The maximum absolute atomic E-state index is 11.7. The molecule has 1 aromatic rings. The summed E-state index contributed by atoms with van der Waals surface area (Å²) < 4.78 is 10.9. The molecule has 2 N–H and O–H groups in total. The van der Waals surface area contributed by atoms with E-state index in [1.54, 1.807) is 4.90 Å². The topological polar surface area (TPSA) is 64.8 Å². The summed E-state index contributed by atoms with van der Waals surface area (Å²) in [6.45, 7) is 1.68. The lowest BCUT2D eigenvalue weighted by Gasteiger charge is -2.22. The number of nitrogens with zero attached hydrogens (tertiary/aromatic N) is 1. The second-order valence-electron chi connectivity index (χ2n) is 4.30. The van der Waals surface area contributed by atoms with Crippen LogP contribution in [0.1, 0.15) is 6.42 Å². The standard InChI is InChI=1S/C12H14N2O3.ClH/c13-8-5-12(15)14(7-8)9-1-2-10-11(6-9)17-4-3-16-10;/h1-2,6,8H,3-5,7,13H2;1H. The van der Waals surface area contributed by atoms with Gasteiger partial charge in [-0.3, -0.25) is 4.79 Å². The number of hydrogen-bond donors (Lipinski definition) is 1. The van der Waals surface area contributed by atoms with Gasteiger partial charge in [0, 0.05) is 30.8 Å². The van der Waals surface area contributed by atoms with Crippen LogP contribution >= 0.6 is 12.4 Å². The first-order valence-electron chi connectivity index (χ1n) is 5.69. The van der Waals surface area contributed by atoms with Crippen LogP contribution in [-0.2, 0) is 4.79 Å². The van der Waals surface area contributed by atoms with E-state index in [9.17, 15) is 4.79 Å². The fourth-order valence-corrected chi connectivity index (χ4v) is 2.18. The van der Waals surface area contributed by atoms with Gasteiger partial charge in [0.1, 0.15) is 13.2 Å². The Balaban J connectivity index is 0.00000120. The molecular weight excluding hydrogens is 256 g/mol. The van der Waals surface area contributed by atoms with E-state index in [1.165, 1.54) is 0 Å². The highest BCUT2D eigenvalue weighted by atomic mass is 35.5. The van der Waals surface area contributed by atoms with Crippen LogP contribution < -0.4 is 20.1 Å². The van der Waals surface area contributed by atoms with Crippen LogP contribution in [0.5, 0.6) is 11.5 Å². The van der Waals surface area contributed by atoms with E-state index in [4.69, 9.17) is 15.2 Å². The van der Waals surface area contributed by atoms with Gasteiger partial charge in [0.15, 0.2) is 11.5 Å². The Kier molecular flexibility index (Phi) is 3.63. The molecular formula is C12H15ClN2O3. The molecule has 0 aliphatic carbocycles. The lowest BCUT2D eigenvalue weighted by Crippen LogP contribution is -2.28. The third-order valence-corrected chi connectivity index (χ3v) is 2.99. The van der Waals surface area contributed by atoms with Gasteiger partial charge < -0.3 is 20.1 Å². The van der Waals surface area contributed by atoms with Crippen molar-refractivity contribution < 1.29 is 14.3 Å². The normalized spacial score (nSPS) is 21.7. The molecule has 98 valence electrons. The van der Waals surface area contributed by atoms with Gasteiger partial charge in [0.05, 0.1) is 0 Å². The monoisotopic (exact) mass is 270 g/mol. The van der Waals surface area contributed by atoms with E-state index < -0.39 is 0 Å². The Morgan fingerprint density at radius 1 is 1.22 bits per heavy atom. The minimum atomic E-state index is -0.0734. The Morgan fingerprint density at radius 2 is 1.94 bits per heavy atom. The van der Waals surface area contributed by atoms with Gasteiger partial charge in [0.2, 0.25) is 5.91 Å². The number of ether oxygens (including phenoxy) is 2. The van der Waals surface area contributed by atoms with Crippen LogP contribution in [-0.4, -0.2) is 31.7 Å². The Morgan fingerprint density at radius 3 is 2.61 bits per heavy atom. The summed E-state index contributed by atoms with van der Waals surface area (Å²) >= 11 is 0. The second-order valence-corrected chi connectivity index (χ2v) is 4.30. The van der Waals surface area contributed by atoms with Gasteiger partial charge in [0.25, 0.3) is 0 Å². The van der Waals surface area contributed by atoms with Crippen molar-refractivity contribution in [3.8, 4) is 11.5 Å². The van der Waals surface area contributed by atoms with Gasteiger partial charge in [-0.15, -0.1) is 12.4 Å². The molecule has 0 aromatic heterocycles. The fourth-order valence-electron chi connectivity index (χ4n) is 2.18. The van der Waals surface area contributed by atoms with Gasteiger partial charge in [-0.1, -0.05) is 0 Å². The first-order chi connectivity index (χ1) is 8.24. The van der Waals surface area contributed by atoms with E-state index in [-0.39, 0.29) is 24.4 Å². The number of amides is 1. The van der Waals surface area contributed by atoms with Crippen LogP contribution in [0.3, 0.4) is 0 Å². The molecule has 0 spiro atoms. The van der Waals surface area contributed by atoms with Gasteiger partial charge in [-0.25, -0.2) is 0 Å². The minimum absolute atomic E-state index is 0. The van der Waals surface area contributed by atoms with Crippen molar-refractivity contribution in [2.24, 2.45) is 5.73 Å². The number of benzene rings is 1. The highest BCUT2D eigenvalue weighted by Crippen LogP contribution is 2.34. The zero-order valence-corrected chi connectivity index (χ0v) is 10.6. The fraction of sp³-hybridized carbons (Fsp3) is 0.417. The SMILES string of the molecule is Cl.NC1CC(=O)N(c2ccc3c(c2)OCCO3)C1. The zero-order valence-electron chi connectivity index (χ0n) is 9.80. The van der Waals surface area contributed by atoms with Crippen molar-refractivity contribution in [3.63, 3.8) is 0 Å². The first-order valence-corrected chi connectivity index (χ1v) is 5.69. The largest absolute Gasteiger partial charge is 0.486 e. The molecule has 0 radical (unpaired) electrons. The molecule has 1 unspecified atom stereocenters. The molecule has 2 aliphatic rings. The van der Waals surface area contributed by atoms with Gasteiger partial charge >= 0.3 is 0 Å². The maximum Gasteiger partial charge on any atom is 0.228 e. The third kappa shape index (κ3) is 2.23. The molecule has 3 rings (SSSR count). The van der Waals surface area contributed by atoms with Crippen molar-refractivity contribution in [1.82, 2.24) is 0 Å². The predicted molar refractivity (Wildman–Crippen MR) is 69.6 cm³/mol. The molecule has 0 bridgehead atoms. The number of nitrogens with two attached hydrogens (primary N) is 1. The summed E-state index contributed by atoms with van der Waals surface area (Å²) in [5.74, 6) is 1.49. The number of anilines is 1. The zero-order chi connectivity index (χ0) is 11.8. The number of halogens is 1. The number of hydrogen-bond acceptors (Lipinski definition) is 4. The number of carbonyl (C=O) groups is 1. The maximum atomic E-state index is 11.7. The minimum Gasteiger partial charge on any atom is -0.486 e. The predicted octanol–water partition coefficient (Wildman–Crippen LogP) is 0.944. The summed E-state index contributed by atoms with van der Waals surface area (Å²) in [7, 11) is 0. The third-order valence-electron chi connectivity index (χ3n) is 2.99. The Bertz CT molecular complexity index is 467. The van der Waals surface area contributed by atoms with Crippen LogP contribution in [0.2, 0.25) is 0 Å². The number of rotatable bonds is 1. The van der Waals surface area contributed by atoms with Crippen molar-refractivity contribution >= 4 is 24.0 Å². The van der Waals surface area contributed by atoms with Crippen molar-refractivity contribution in [3.05, 3.63) is 18.2 Å². The van der Waals surface area contributed by atoms with Crippen molar-refractivity contribution in [2.75, 3.05) is 24.7 Å². The molecule has 1 amide bonds. The van der Waals surface area contributed by atoms with E-state index in [0.29, 0.717) is 31.9 Å². The average molecular weight is 271 g/mol. The number of carbonyl (C=O) groups excluding carboxylic acids is 1. The van der Waals surface area contributed by atoms with E-state index in [1.807, 2.05) is 18.2 Å². The summed E-state index contributed by atoms with van der Waals surface area (Å²) in [5, 5.41) is 0. The first kappa shape index (κ1) is 13.0. The van der Waals surface area contributed by atoms with E-state index >= 15 is 0 Å². The van der Waals surface area contributed by atoms with Gasteiger partial charge in [-0.2, -0.15) is 0 Å². The molecule has 2 heterocycles. The smallest absolute Gasteiger partial charge is 0.228 e.